The molecule has 22 heavy (non-hydrogen) atoms. The number of para-hydroxylation sites is 1. The first-order valence-corrected chi connectivity index (χ1v) is 7.46. The van der Waals surface area contributed by atoms with E-state index in [1.807, 2.05) is 42.5 Å². The summed E-state index contributed by atoms with van der Waals surface area (Å²) >= 11 is 0. The molecule has 0 spiro atoms. The maximum absolute atomic E-state index is 12.5. The van der Waals surface area contributed by atoms with Gasteiger partial charge in [0, 0.05) is 18.7 Å². The van der Waals surface area contributed by atoms with Gasteiger partial charge in [0.05, 0.1) is 0 Å². The third kappa shape index (κ3) is 3.10. The van der Waals surface area contributed by atoms with Crippen LogP contribution >= 0.6 is 0 Å². The molecule has 0 amide bonds. The van der Waals surface area contributed by atoms with Crippen LogP contribution in [0, 0.1) is 0 Å². The lowest BCUT2D eigenvalue weighted by Gasteiger charge is -2.26. The largest absolute Gasteiger partial charge is 0.425 e. The lowest BCUT2D eigenvalue weighted by Crippen LogP contribution is -2.40. The molecular formula is C19H19NO2. The Balaban J connectivity index is 1.92. The molecule has 1 aliphatic heterocycles. The van der Waals surface area contributed by atoms with Crippen LogP contribution < -0.4 is 4.74 Å². The van der Waals surface area contributed by atoms with Gasteiger partial charge in [-0.1, -0.05) is 54.6 Å². The lowest BCUT2D eigenvalue weighted by atomic mass is 10.1. The molecule has 0 bridgehead atoms. The van der Waals surface area contributed by atoms with E-state index in [1.165, 1.54) is 5.56 Å². The van der Waals surface area contributed by atoms with Gasteiger partial charge in [0.15, 0.2) is 0 Å². The molecule has 0 fully saturated rings. The maximum Gasteiger partial charge on any atom is 0.329 e. The zero-order chi connectivity index (χ0) is 15.4. The van der Waals surface area contributed by atoms with Crippen molar-refractivity contribution in [2.45, 2.75) is 25.6 Å². The van der Waals surface area contributed by atoms with Gasteiger partial charge in [-0.25, -0.2) is 4.79 Å². The number of carbonyl (C=O) groups excluding carboxylic acids is 1. The van der Waals surface area contributed by atoms with Crippen LogP contribution in [0.1, 0.15) is 17.5 Å². The molecule has 1 heterocycles. The van der Waals surface area contributed by atoms with Gasteiger partial charge in [-0.3, -0.25) is 4.90 Å². The summed E-state index contributed by atoms with van der Waals surface area (Å²) in [5.41, 5.74) is 2.22. The number of ether oxygens (including phenoxy) is 1. The number of nitrogens with zero attached hydrogens (tertiary/aromatic N) is 1. The van der Waals surface area contributed by atoms with Crippen molar-refractivity contribution in [3.8, 4) is 5.75 Å². The van der Waals surface area contributed by atoms with Crippen LogP contribution in [0.15, 0.2) is 67.3 Å². The quantitative estimate of drug-likeness (QED) is 0.490. The molecule has 1 atom stereocenters. The monoisotopic (exact) mass is 293 g/mol. The Hall–Kier alpha value is -2.39. The van der Waals surface area contributed by atoms with Gasteiger partial charge in [-0.2, -0.15) is 0 Å². The normalized spacial score (nSPS) is 18.2. The van der Waals surface area contributed by atoms with Gasteiger partial charge in [0.1, 0.15) is 11.8 Å². The number of carbonyl (C=O) groups is 1. The topological polar surface area (TPSA) is 29.5 Å². The number of hydrogen-bond acceptors (Lipinski definition) is 3. The summed E-state index contributed by atoms with van der Waals surface area (Å²) < 4.78 is 5.56. The highest BCUT2D eigenvalue weighted by Crippen LogP contribution is 2.27. The van der Waals surface area contributed by atoms with Crippen molar-refractivity contribution in [1.82, 2.24) is 4.90 Å². The number of esters is 1. The molecule has 3 rings (SSSR count). The maximum atomic E-state index is 12.5. The molecule has 2 aromatic carbocycles. The van der Waals surface area contributed by atoms with Crippen LogP contribution in [0.2, 0.25) is 0 Å². The van der Waals surface area contributed by atoms with Gasteiger partial charge in [0.2, 0.25) is 0 Å². The van der Waals surface area contributed by atoms with E-state index in [9.17, 15) is 4.79 Å². The van der Waals surface area contributed by atoms with Crippen molar-refractivity contribution in [1.29, 1.82) is 0 Å². The van der Waals surface area contributed by atoms with E-state index >= 15 is 0 Å². The summed E-state index contributed by atoms with van der Waals surface area (Å²) in [5.74, 6) is 0.456. The van der Waals surface area contributed by atoms with Gasteiger partial charge < -0.3 is 4.74 Å². The third-order valence-corrected chi connectivity index (χ3v) is 3.89. The van der Waals surface area contributed by atoms with Crippen LogP contribution in [0.4, 0.5) is 0 Å². The molecule has 0 N–H and O–H groups in total. The minimum Gasteiger partial charge on any atom is -0.425 e. The first-order valence-electron chi connectivity index (χ1n) is 7.46. The highest BCUT2D eigenvalue weighted by molar-refractivity contribution is 5.79. The molecule has 0 saturated heterocycles. The van der Waals surface area contributed by atoms with Crippen molar-refractivity contribution in [3.05, 3.63) is 78.4 Å². The first-order chi connectivity index (χ1) is 10.8. The van der Waals surface area contributed by atoms with Crippen molar-refractivity contribution in [2.75, 3.05) is 0 Å². The number of rotatable bonds is 4. The van der Waals surface area contributed by atoms with E-state index in [4.69, 9.17) is 4.74 Å². The Morgan fingerprint density at radius 2 is 1.86 bits per heavy atom. The predicted molar refractivity (Wildman–Crippen MR) is 86.4 cm³/mol. The van der Waals surface area contributed by atoms with Crippen LogP contribution in [-0.4, -0.2) is 16.9 Å². The van der Waals surface area contributed by atoms with E-state index in [1.54, 1.807) is 6.08 Å². The molecule has 2 aromatic rings. The van der Waals surface area contributed by atoms with Crippen LogP contribution in [0.25, 0.3) is 0 Å². The fraction of sp³-hybridized carbons (Fsp3) is 0.211. The highest BCUT2D eigenvalue weighted by Gasteiger charge is 2.31. The molecule has 3 heteroatoms. The van der Waals surface area contributed by atoms with E-state index in [-0.39, 0.29) is 12.0 Å². The molecule has 1 aliphatic rings. The molecule has 112 valence electrons. The fourth-order valence-electron chi connectivity index (χ4n) is 2.78. The number of benzene rings is 2. The molecular weight excluding hydrogens is 274 g/mol. The highest BCUT2D eigenvalue weighted by atomic mass is 16.5. The zero-order valence-corrected chi connectivity index (χ0v) is 12.4. The van der Waals surface area contributed by atoms with Crippen LogP contribution in [0.5, 0.6) is 5.75 Å². The summed E-state index contributed by atoms with van der Waals surface area (Å²) in [6.45, 7) is 5.18. The fourth-order valence-corrected chi connectivity index (χ4v) is 2.78. The Kier molecular flexibility index (Phi) is 4.35. The average molecular weight is 293 g/mol. The van der Waals surface area contributed by atoms with Gasteiger partial charge in [0.25, 0.3) is 0 Å². The van der Waals surface area contributed by atoms with E-state index in [0.717, 1.165) is 5.56 Å². The van der Waals surface area contributed by atoms with Crippen LogP contribution in [0.3, 0.4) is 0 Å². The second kappa shape index (κ2) is 6.58. The molecule has 3 nitrogen and oxygen atoms in total. The summed E-state index contributed by atoms with van der Waals surface area (Å²) in [6.07, 6.45) is 2.36. The van der Waals surface area contributed by atoms with Crippen molar-refractivity contribution >= 4 is 5.97 Å². The second-order valence-electron chi connectivity index (χ2n) is 5.46. The Morgan fingerprint density at radius 3 is 2.64 bits per heavy atom. The summed E-state index contributed by atoms with van der Waals surface area (Å²) in [6, 6.07) is 17.6. The molecule has 0 radical (unpaired) electrons. The third-order valence-electron chi connectivity index (χ3n) is 3.89. The zero-order valence-electron chi connectivity index (χ0n) is 12.4. The molecule has 1 unspecified atom stereocenters. The number of hydrogen-bond donors (Lipinski definition) is 0. The minimum absolute atomic E-state index is 0.208. The SMILES string of the molecule is C=CCC1C(=O)Oc2ccccc2CN1Cc1ccccc1. The second-order valence-corrected chi connectivity index (χ2v) is 5.46. The van der Waals surface area contributed by atoms with E-state index in [0.29, 0.717) is 25.3 Å². The van der Waals surface area contributed by atoms with Gasteiger partial charge >= 0.3 is 5.97 Å². The first kappa shape index (κ1) is 14.5. The van der Waals surface area contributed by atoms with Gasteiger partial charge in [-0.05, 0) is 18.1 Å². The van der Waals surface area contributed by atoms with Crippen molar-refractivity contribution < 1.29 is 9.53 Å². The standard InChI is InChI=1S/C19H19NO2/c1-2-8-17-19(21)22-18-12-7-6-11-16(18)14-20(17)13-15-9-4-3-5-10-15/h2-7,9-12,17H,1,8,13-14H2. The van der Waals surface area contributed by atoms with Crippen LogP contribution in [-0.2, 0) is 17.9 Å². The summed E-state index contributed by atoms with van der Waals surface area (Å²) in [4.78, 5) is 14.6. The summed E-state index contributed by atoms with van der Waals surface area (Å²) in [5, 5.41) is 0. The Morgan fingerprint density at radius 1 is 1.14 bits per heavy atom. The minimum atomic E-state index is -0.301. The lowest BCUT2D eigenvalue weighted by molar-refractivity contribution is -0.139. The van der Waals surface area contributed by atoms with E-state index in [2.05, 4.69) is 23.6 Å². The van der Waals surface area contributed by atoms with Crippen molar-refractivity contribution in [3.63, 3.8) is 0 Å². The number of fused-ring (bicyclic) bond motifs is 1. The van der Waals surface area contributed by atoms with E-state index < -0.39 is 0 Å². The predicted octanol–water partition coefficient (Wildman–Crippen LogP) is 3.55. The van der Waals surface area contributed by atoms with Crippen molar-refractivity contribution in [2.24, 2.45) is 0 Å². The van der Waals surface area contributed by atoms with Gasteiger partial charge in [-0.15, -0.1) is 6.58 Å². The summed E-state index contributed by atoms with van der Waals surface area (Å²) in [7, 11) is 0. The molecule has 0 aliphatic carbocycles. The average Bonchev–Trinajstić information content (AvgIpc) is 2.66. The Bertz CT molecular complexity index is 666. The molecule has 0 saturated carbocycles. The Labute approximate surface area is 130 Å². The smallest absolute Gasteiger partial charge is 0.329 e. The molecule has 0 aromatic heterocycles.